The molecule has 0 saturated heterocycles. The highest BCUT2D eigenvalue weighted by Crippen LogP contribution is 2.65. The van der Waals surface area contributed by atoms with Gasteiger partial charge in [-0.2, -0.15) is 0 Å². The van der Waals surface area contributed by atoms with Crippen LogP contribution in [0.25, 0.3) is 0 Å². The van der Waals surface area contributed by atoms with E-state index in [9.17, 15) is 0 Å². The average molecular weight is 635 g/mol. The van der Waals surface area contributed by atoms with Crippen molar-refractivity contribution < 1.29 is 0 Å². The largest absolute Gasteiger partial charge is 0.0622 e. The molecule has 0 amide bonds. The number of rotatable bonds is 11. The van der Waals surface area contributed by atoms with Crippen LogP contribution < -0.4 is 21.2 Å². The fraction of sp³-hybridized carbons (Fsp3) is 0.182. The molecule has 2 heteroatoms. The summed E-state index contributed by atoms with van der Waals surface area (Å²) >= 11 is 0. The molecular weight excluding hydrogens is 590 g/mol. The molecule has 6 aromatic carbocycles. The molecule has 0 nitrogen and oxygen atoms in total. The van der Waals surface area contributed by atoms with Crippen LogP contribution in [0.1, 0.15) is 50.7 Å². The van der Waals surface area contributed by atoms with Gasteiger partial charge >= 0.3 is 0 Å². The molecule has 0 fully saturated rings. The zero-order valence-electron chi connectivity index (χ0n) is 27.4. The first-order chi connectivity index (χ1) is 22.4. The smallest absolute Gasteiger partial charge is 0.00123 e. The molecular formula is C44H44P2. The van der Waals surface area contributed by atoms with Gasteiger partial charge in [-0.05, 0) is 48.2 Å². The van der Waals surface area contributed by atoms with E-state index in [2.05, 4.69) is 210 Å². The van der Waals surface area contributed by atoms with Gasteiger partial charge in [-0.1, -0.05) is 210 Å². The average Bonchev–Trinajstić information content (AvgIpc) is 3.09. The summed E-state index contributed by atoms with van der Waals surface area (Å²) in [7, 11) is -1.50. The van der Waals surface area contributed by atoms with E-state index in [1.54, 1.807) is 0 Å². The van der Waals surface area contributed by atoms with Gasteiger partial charge in [0.2, 0.25) is 0 Å². The normalized spacial score (nSPS) is 13.4. The van der Waals surface area contributed by atoms with E-state index in [0.29, 0.717) is 0 Å². The van der Waals surface area contributed by atoms with E-state index in [0.717, 1.165) is 0 Å². The third-order valence-corrected chi connectivity index (χ3v) is 15.5. The molecule has 0 aliphatic carbocycles. The highest BCUT2D eigenvalue weighted by molar-refractivity contribution is 7.75. The van der Waals surface area contributed by atoms with Gasteiger partial charge in [0, 0.05) is 22.1 Å². The highest BCUT2D eigenvalue weighted by Gasteiger charge is 2.51. The Morgan fingerprint density at radius 1 is 0.304 bits per heavy atom. The first-order valence-electron chi connectivity index (χ1n) is 16.3. The van der Waals surface area contributed by atoms with E-state index < -0.39 is 15.8 Å². The second-order valence-electron chi connectivity index (χ2n) is 13.1. The van der Waals surface area contributed by atoms with Crippen molar-refractivity contribution in [1.82, 2.24) is 0 Å². The molecule has 6 rings (SSSR count). The van der Waals surface area contributed by atoms with Crippen LogP contribution in [0, 0.1) is 0 Å². The lowest BCUT2D eigenvalue weighted by Gasteiger charge is -2.52. The van der Waals surface area contributed by atoms with Crippen LogP contribution in [0.3, 0.4) is 0 Å². The maximum Gasteiger partial charge on any atom is 0.00123 e. The quantitative estimate of drug-likeness (QED) is 0.124. The van der Waals surface area contributed by atoms with Crippen molar-refractivity contribution in [3.8, 4) is 0 Å². The first kappa shape index (κ1) is 32.1. The molecule has 0 radical (unpaired) electrons. The van der Waals surface area contributed by atoms with Crippen LogP contribution >= 0.6 is 15.8 Å². The molecule has 0 aliphatic rings. The predicted molar refractivity (Wildman–Crippen MR) is 205 cm³/mol. The fourth-order valence-electron chi connectivity index (χ4n) is 7.55. The van der Waals surface area contributed by atoms with Crippen molar-refractivity contribution in [3.05, 3.63) is 193 Å². The second-order valence-corrected chi connectivity index (χ2v) is 18.8. The van der Waals surface area contributed by atoms with Crippen molar-refractivity contribution >= 4 is 37.1 Å². The molecule has 0 heterocycles. The topological polar surface area (TPSA) is 0 Å². The summed E-state index contributed by atoms with van der Waals surface area (Å²) < 4.78 is 0. The SMILES string of the molecule is CC(C)([C@@H](c1ccccc1)[C@H](c1ccccc1)C(C)(C)P(c1ccccc1)c1ccccc1)P(c1ccccc1)c1ccccc1. The number of benzene rings is 6. The van der Waals surface area contributed by atoms with Crippen LogP contribution in [0.2, 0.25) is 0 Å². The maximum atomic E-state index is 2.55. The monoisotopic (exact) mass is 634 g/mol. The zero-order valence-corrected chi connectivity index (χ0v) is 29.2. The van der Waals surface area contributed by atoms with Crippen LogP contribution in [0.4, 0.5) is 0 Å². The Balaban J connectivity index is 1.64. The summed E-state index contributed by atoms with van der Waals surface area (Å²) in [6.07, 6.45) is 0. The Hall–Kier alpha value is -3.82. The third kappa shape index (κ3) is 6.67. The summed E-state index contributed by atoms with van der Waals surface area (Å²) in [5.74, 6) is 0.435. The molecule has 0 N–H and O–H groups in total. The van der Waals surface area contributed by atoms with Crippen LogP contribution in [0.5, 0.6) is 0 Å². The Kier molecular flexibility index (Phi) is 9.99. The van der Waals surface area contributed by atoms with Crippen LogP contribution in [-0.4, -0.2) is 10.3 Å². The van der Waals surface area contributed by atoms with Gasteiger partial charge in [0.1, 0.15) is 0 Å². The van der Waals surface area contributed by atoms with E-state index in [-0.39, 0.29) is 22.1 Å². The molecule has 46 heavy (non-hydrogen) atoms. The van der Waals surface area contributed by atoms with E-state index in [1.807, 2.05) is 0 Å². The number of hydrogen-bond acceptors (Lipinski definition) is 0. The minimum atomic E-state index is -0.748. The summed E-state index contributed by atoms with van der Waals surface area (Å²) in [6, 6.07) is 67.9. The molecule has 0 saturated carbocycles. The fourth-order valence-corrected chi connectivity index (χ4v) is 13.8. The Labute approximate surface area is 279 Å². The van der Waals surface area contributed by atoms with Gasteiger partial charge < -0.3 is 0 Å². The second kappa shape index (κ2) is 14.3. The predicted octanol–water partition coefficient (Wildman–Crippen LogP) is 10.4. The van der Waals surface area contributed by atoms with Gasteiger partial charge in [0.25, 0.3) is 0 Å². The molecule has 0 aliphatic heterocycles. The van der Waals surface area contributed by atoms with E-state index in [4.69, 9.17) is 0 Å². The molecule has 2 atom stereocenters. The molecule has 6 aromatic rings. The first-order valence-corrected chi connectivity index (χ1v) is 19.0. The van der Waals surface area contributed by atoms with Gasteiger partial charge in [-0.25, -0.2) is 0 Å². The molecule has 0 aromatic heterocycles. The summed E-state index contributed by atoms with van der Waals surface area (Å²) in [6.45, 7) is 10.2. The van der Waals surface area contributed by atoms with Crippen LogP contribution in [0.15, 0.2) is 182 Å². The summed E-state index contributed by atoms with van der Waals surface area (Å²) in [5, 5.41) is 5.46. The van der Waals surface area contributed by atoms with Gasteiger partial charge in [-0.15, -0.1) is 0 Å². The summed E-state index contributed by atoms with van der Waals surface area (Å²) in [5.41, 5.74) is 2.81. The Morgan fingerprint density at radius 2 is 0.500 bits per heavy atom. The highest BCUT2D eigenvalue weighted by atomic mass is 31.1. The Bertz CT molecular complexity index is 1550. The van der Waals surface area contributed by atoms with Crippen molar-refractivity contribution in [2.75, 3.05) is 0 Å². The van der Waals surface area contributed by atoms with E-state index in [1.165, 1.54) is 32.3 Å². The summed E-state index contributed by atoms with van der Waals surface area (Å²) in [4.78, 5) is 0. The van der Waals surface area contributed by atoms with Crippen molar-refractivity contribution in [3.63, 3.8) is 0 Å². The number of hydrogen-bond donors (Lipinski definition) is 0. The lowest BCUT2D eigenvalue weighted by molar-refractivity contribution is 0.389. The molecule has 0 unspecified atom stereocenters. The molecule has 0 bridgehead atoms. The standard InChI is InChI=1S/C44H44P2/c1-43(2,45(37-27-15-7-16-28-37)38-29-17-8-18-30-38)41(35-23-11-5-12-24-35)42(36-25-13-6-14-26-36)44(3,4)46(39-31-19-9-20-32-39)40-33-21-10-22-34-40/h5-34,41-42H,1-4H3/t41-,42-/m0/s1. The zero-order chi connectivity index (χ0) is 32.0. The van der Waals surface area contributed by atoms with Gasteiger partial charge in [0.15, 0.2) is 0 Å². The lowest BCUT2D eigenvalue weighted by atomic mass is 9.69. The van der Waals surface area contributed by atoms with Gasteiger partial charge in [-0.3, -0.25) is 0 Å². The van der Waals surface area contributed by atoms with Crippen LogP contribution in [-0.2, 0) is 0 Å². The lowest BCUT2D eigenvalue weighted by Crippen LogP contribution is -2.45. The minimum absolute atomic E-state index is 0.119. The third-order valence-electron chi connectivity index (χ3n) is 9.38. The maximum absolute atomic E-state index is 2.55. The minimum Gasteiger partial charge on any atom is -0.0622 e. The van der Waals surface area contributed by atoms with Gasteiger partial charge in [0.05, 0.1) is 0 Å². The van der Waals surface area contributed by atoms with E-state index >= 15 is 0 Å². The molecule has 230 valence electrons. The van der Waals surface area contributed by atoms with Crippen molar-refractivity contribution in [2.45, 2.75) is 49.8 Å². The molecule has 0 spiro atoms. The van der Waals surface area contributed by atoms with Crippen molar-refractivity contribution in [2.24, 2.45) is 0 Å². The Morgan fingerprint density at radius 3 is 0.717 bits per heavy atom. The van der Waals surface area contributed by atoms with Crippen molar-refractivity contribution in [1.29, 1.82) is 0 Å².